The van der Waals surface area contributed by atoms with E-state index in [4.69, 9.17) is 10.0 Å². The smallest absolute Gasteiger partial charge is 0.430 e. The molecule has 3 heteroatoms. The van der Waals surface area contributed by atoms with Crippen molar-refractivity contribution in [3.8, 4) is 0 Å². The first-order valence-corrected chi connectivity index (χ1v) is 6.55. The van der Waals surface area contributed by atoms with Crippen LogP contribution < -0.4 is 0 Å². The first-order chi connectivity index (χ1) is 7.33. The zero-order valence-corrected chi connectivity index (χ0v) is 10.7. The molecule has 0 atom stereocenters. The van der Waals surface area contributed by atoms with Crippen LogP contribution in [0.5, 0.6) is 0 Å². The van der Waals surface area contributed by atoms with Crippen molar-refractivity contribution in [2.24, 2.45) is 0 Å². The van der Waals surface area contributed by atoms with E-state index in [1.54, 1.807) is 0 Å². The molecule has 0 aromatic carbocycles. The second-order valence-electron chi connectivity index (χ2n) is 3.97. The van der Waals surface area contributed by atoms with Gasteiger partial charge in [0.05, 0.1) is 0 Å². The third-order valence-corrected chi connectivity index (χ3v) is 2.46. The molecule has 0 aliphatic heterocycles. The van der Waals surface area contributed by atoms with Crippen molar-refractivity contribution >= 4 is 7.69 Å². The number of unbranched alkanes of at least 4 members (excludes halogenated alkanes) is 9. The molecule has 0 unspecified atom stereocenters. The normalized spacial score (nSPS) is 9.33. The Morgan fingerprint density at radius 2 is 0.800 bits per heavy atom. The molecule has 0 saturated heterocycles. The zero-order valence-electron chi connectivity index (χ0n) is 10.7. The van der Waals surface area contributed by atoms with Crippen LogP contribution in [0.3, 0.4) is 0 Å². The molecule has 15 heavy (non-hydrogen) atoms. The Balaban J connectivity index is 0. The van der Waals surface area contributed by atoms with Gasteiger partial charge in [-0.1, -0.05) is 78.1 Å². The minimum absolute atomic E-state index is 0.750. The molecular formula is C12H29BO2. The summed E-state index contributed by atoms with van der Waals surface area (Å²) >= 11 is 0. The van der Waals surface area contributed by atoms with Gasteiger partial charge in [0.25, 0.3) is 0 Å². The Labute approximate surface area is 96.4 Å². The first kappa shape index (κ1) is 17.4. The van der Waals surface area contributed by atoms with Crippen molar-refractivity contribution < 1.29 is 10.0 Å². The summed E-state index contributed by atoms with van der Waals surface area (Å²) in [6.07, 6.45) is 14.4. The van der Waals surface area contributed by atoms with E-state index in [2.05, 4.69) is 13.8 Å². The Bertz CT molecular complexity index is 79.7. The third kappa shape index (κ3) is 24.9. The Morgan fingerprint density at radius 3 is 1.00 bits per heavy atom. The summed E-state index contributed by atoms with van der Waals surface area (Å²) in [6, 6.07) is 0. The fraction of sp³-hybridized carbons (Fsp3) is 1.00. The van der Waals surface area contributed by atoms with E-state index < -0.39 is 7.69 Å². The third-order valence-electron chi connectivity index (χ3n) is 2.46. The maximum atomic E-state index is 7.12. The zero-order chi connectivity index (χ0) is 11.8. The topological polar surface area (TPSA) is 40.5 Å². The molecule has 0 spiro atoms. The van der Waals surface area contributed by atoms with Crippen molar-refractivity contribution in [1.29, 1.82) is 0 Å². The summed E-state index contributed by atoms with van der Waals surface area (Å²) in [5.74, 6) is 0. The largest absolute Gasteiger partial charge is 0.432 e. The Morgan fingerprint density at radius 1 is 0.600 bits per heavy atom. The molecular weight excluding hydrogens is 187 g/mol. The lowest BCUT2D eigenvalue weighted by molar-refractivity contribution is 0.448. The average Bonchev–Trinajstić information content (AvgIpc) is 2.23. The van der Waals surface area contributed by atoms with E-state index in [-0.39, 0.29) is 0 Å². The van der Waals surface area contributed by atoms with E-state index in [0.29, 0.717) is 0 Å². The molecule has 92 valence electrons. The van der Waals surface area contributed by atoms with Crippen molar-refractivity contribution in [1.82, 2.24) is 0 Å². The lowest BCUT2D eigenvalue weighted by Crippen LogP contribution is -1.80. The summed E-state index contributed by atoms with van der Waals surface area (Å²) in [5, 5.41) is 14.2. The van der Waals surface area contributed by atoms with Crippen LogP contribution in [0.15, 0.2) is 0 Å². The van der Waals surface area contributed by atoms with E-state index in [1.165, 1.54) is 64.2 Å². The van der Waals surface area contributed by atoms with Gasteiger partial charge in [0, 0.05) is 0 Å². The van der Waals surface area contributed by atoms with Crippen LogP contribution >= 0.6 is 0 Å². The van der Waals surface area contributed by atoms with Crippen LogP contribution in [0.4, 0.5) is 0 Å². The number of rotatable bonds is 9. The number of hydrogen-bond acceptors (Lipinski definition) is 2. The van der Waals surface area contributed by atoms with Gasteiger partial charge in [-0.15, -0.1) is 0 Å². The second kappa shape index (κ2) is 19.5. The second-order valence-corrected chi connectivity index (χ2v) is 3.97. The van der Waals surface area contributed by atoms with Gasteiger partial charge in [-0.25, -0.2) is 0 Å². The molecule has 2 N–H and O–H groups in total. The van der Waals surface area contributed by atoms with Gasteiger partial charge in [-0.3, -0.25) is 0 Å². The van der Waals surface area contributed by atoms with Gasteiger partial charge in [0.15, 0.2) is 0 Å². The Kier molecular flexibility index (Phi) is 22.6. The molecule has 0 saturated carbocycles. The van der Waals surface area contributed by atoms with Crippen molar-refractivity contribution in [3.63, 3.8) is 0 Å². The highest BCUT2D eigenvalue weighted by Crippen LogP contribution is 2.09. The highest BCUT2D eigenvalue weighted by molar-refractivity contribution is 6.13. The molecule has 0 amide bonds. The molecule has 0 heterocycles. The summed E-state index contributed by atoms with van der Waals surface area (Å²) in [6.45, 7) is 4.56. The summed E-state index contributed by atoms with van der Waals surface area (Å²) in [5.41, 5.74) is 0. The monoisotopic (exact) mass is 216 g/mol. The molecule has 0 aliphatic rings. The van der Waals surface area contributed by atoms with Crippen LogP contribution in [0.2, 0.25) is 0 Å². The van der Waals surface area contributed by atoms with E-state index in [9.17, 15) is 0 Å². The van der Waals surface area contributed by atoms with Crippen molar-refractivity contribution in [2.75, 3.05) is 0 Å². The van der Waals surface area contributed by atoms with Crippen molar-refractivity contribution in [2.45, 2.75) is 78.1 Å². The first-order valence-electron chi connectivity index (χ1n) is 6.55. The Hall–Kier alpha value is -0.0151. The van der Waals surface area contributed by atoms with Gasteiger partial charge in [0.2, 0.25) is 0 Å². The number of hydrogen-bond donors (Lipinski definition) is 2. The highest BCUT2D eigenvalue weighted by atomic mass is 16.4. The van der Waals surface area contributed by atoms with Gasteiger partial charge in [-0.05, 0) is 0 Å². The van der Waals surface area contributed by atoms with Crippen LogP contribution in [0.1, 0.15) is 78.1 Å². The van der Waals surface area contributed by atoms with E-state index in [1.807, 2.05) is 0 Å². The predicted molar refractivity (Wildman–Crippen MR) is 69.1 cm³/mol. The summed E-state index contributed by atoms with van der Waals surface area (Å²) in [7, 11) is -0.750. The summed E-state index contributed by atoms with van der Waals surface area (Å²) in [4.78, 5) is 0. The lowest BCUT2D eigenvalue weighted by atomic mass is 10.1. The van der Waals surface area contributed by atoms with Crippen LogP contribution in [-0.4, -0.2) is 17.7 Å². The molecule has 0 fully saturated rings. The predicted octanol–water partition coefficient (Wildman–Crippen LogP) is 3.16. The highest BCUT2D eigenvalue weighted by Gasteiger charge is 1.90. The average molecular weight is 216 g/mol. The fourth-order valence-electron chi connectivity index (χ4n) is 1.56. The van der Waals surface area contributed by atoms with E-state index in [0.717, 1.165) is 0 Å². The molecule has 0 rings (SSSR count). The van der Waals surface area contributed by atoms with Gasteiger partial charge in [0.1, 0.15) is 0 Å². The maximum absolute atomic E-state index is 7.12. The van der Waals surface area contributed by atoms with Crippen LogP contribution in [0.25, 0.3) is 0 Å². The standard InChI is InChI=1S/C12H26.BH3O2/c1-3-5-7-9-11-12-10-8-6-4-2;2-1-3/h3-12H2,1-2H3;1-3H. The minimum Gasteiger partial charge on any atom is -0.430 e. The van der Waals surface area contributed by atoms with Gasteiger partial charge >= 0.3 is 7.69 Å². The molecule has 2 nitrogen and oxygen atoms in total. The molecule has 0 aromatic heterocycles. The minimum atomic E-state index is -0.750. The van der Waals surface area contributed by atoms with Gasteiger partial charge < -0.3 is 10.0 Å². The molecule has 0 bridgehead atoms. The van der Waals surface area contributed by atoms with E-state index >= 15 is 0 Å². The molecule has 0 aliphatic carbocycles. The maximum Gasteiger partial charge on any atom is 0.432 e. The SMILES string of the molecule is CCCCCCCCCCCC.OBO. The quantitative estimate of drug-likeness (QED) is 0.459. The molecule has 0 aromatic rings. The summed E-state index contributed by atoms with van der Waals surface area (Å²) < 4.78 is 0. The lowest BCUT2D eigenvalue weighted by Gasteiger charge is -1.99. The van der Waals surface area contributed by atoms with Crippen molar-refractivity contribution in [3.05, 3.63) is 0 Å². The molecule has 0 radical (unpaired) electrons. The van der Waals surface area contributed by atoms with Gasteiger partial charge in [-0.2, -0.15) is 0 Å². The van der Waals surface area contributed by atoms with Crippen LogP contribution in [-0.2, 0) is 0 Å². The fourth-order valence-corrected chi connectivity index (χ4v) is 1.56. The van der Waals surface area contributed by atoms with Crippen LogP contribution in [0, 0.1) is 0 Å².